The fraction of sp³-hybridized carbons (Fsp3) is 0.167. The van der Waals surface area contributed by atoms with E-state index in [1.54, 1.807) is 24.3 Å². The van der Waals surface area contributed by atoms with Crippen LogP contribution in [0.25, 0.3) is 0 Å². The first kappa shape index (κ1) is 25.8. The molecule has 2 aromatic carbocycles. The summed E-state index contributed by atoms with van der Waals surface area (Å²) in [5.74, 6) is -2.50. The second kappa shape index (κ2) is 10.8. The molecular weight excluding hydrogens is 500 g/mol. The third-order valence-electron chi connectivity index (χ3n) is 5.37. The van der Waals surface area contributed by atoms with Crippen LogP contribution in [0.5, 0.6) is 0 Å². The maximum Gasteiger partial charge on any atom is 0.439 e. The molecule has 0 aliphatic carbocycles. The minimum Gasteiger partial charge on any atom is -0.465 e. The topological polar surface area (TPSA) is 161 Å². The Morgan fingerprint density at radius 1 is 0.868 bits per heavy atom. The molecule has 0 atom stereocenters. The normalized spacial score (nSPS) is 17.7. The van der Waals surface area contributed by atoms with E-state index in [9.17, 15) is 19.2 Å². The lowest BCUT2D eigenvalue weighted by molar-refractivity contribution is -0.464. The number of rotatable bonds is 6. The lowest BCUT2D eigenvalue weighted by atomic mass is 10.2. The number of allylic oxidation sites excluding steroid dienone is 2. The van der Waals surface area contributed by atoms with Gasteiger partial charge < -0.3 is 14.3 Å². The van der Waals surface area contributed by atoms with Gasteiger partial charge in [0.2, 0.25) is 11.0 Å². The Hall–Kier alpha value is -5.24. The highest BCUT2D eigenvalue weighted by molar-refractivity contribution is 5.95. The van der Waals surface area contributed by atoms with Crippen LogP contribution in [0.1, 0.15) is 34.6 Å². The van der Waals surface area contributed by atoms with Crippen LogP contribution in [0.2, 0.25) is 0 Å². The number of azo groups is 1. The summed E-state index contributed by atoms with van der Waals surface area (Å²) in [6.45, 7) is 3.05. The Labute approximate surface area is 215 Å². The summed E-state index contributed by atoms with van der Waals surface area (Å²) in [7, 11) is 2.54. The Bertz CT molecular complexity index is 1440. The van der Waals surface area contributed by atoms with Crippen LogP contribution in [0.3, 0.4) is 0 Å². The van der Waals surface area contributed by atoms with Crippen molar-refractivity contribution in [2.75, 3.05) is 19.2 Å². The third-order valence-corrected chi connectivity index (χ3v) is 5.37. The molecule has 1 saturated heterocycles. The number of ether oxygens (including phenoxy) is 2. The van der Waals surface area contributed by atoms with Gasteiger partial charge in [-0.1, -0.05) is 5.59 Å². The maximum atomic E-state index is 12.4. The third kappa shape index (κ3) is 5.01. The lowest BCUT2D eigenvalue weighted by Gasteiger charge is -2.16. The molecule has 0 radical (unpaired) electrons. The minimum absolute atomic E-state index is 0.0141. The highest BCUT2D eigenvalue weighted by Crippen LogP contribution is 2.28. The molecule has 14 heteroatoms. The number of hydrogen-bond acceptors (Lipinski definition) is 13. The Morgan fingerprint density at radius 2 is 1.42 bits per heavy atom. The predicted molar refractivity (Wildman–Crippen MR) is 126 cm³/mol. The molecule has 1 N–H and O–H groups in total. The Morgan fingerprint density at radius 3 is 2.00 bits per heavy atom. The van der Waals surface area contributed by atoms with E-state index in [0.717, 1.165) is 0 Å². The van der Waals surface area contributed by atoms with Crippen molar-refractivity contribution in [2.45, 2.75) is 13.8 Å². The molecule has 4 rings (SSSR count). The van der Waals surface area contributed by atoms with Gasteiger partial charge in [-0.25, -0.2) is 24.2 Å². The van der Waals surface area contributed by atoms with Gasteiger partial charge in [-0.05, 0) is 54.9 Å². The van der Waals surface area contributed by atoms with E-state index >= 15 is 0 Å². The number of hydrogen-bond donors (Lipinski definition) is 1. The van der Waals surface area contributed by atoms with E-state index in [1.807, 2.05) is 0 Å². The summed E-state index contributed by atoms with van der Waals surface area (Å²) < 4.78 is 10.6. The number of anilines is 1. The fourth-order valence-corrected chi connectivity index (χ4v) is 3.46. The van der Waals surface area contributed by atoms with E-state index < -0.39 is 23.9 Å². The summed E-state index contributed by atoms with van der Waals surface area (Å²) in [5.41, 5.74) is 4.34. The summed E-state index contributed by atoms with van der Waals surface area (Å²) in [6.07, 6.45) is 0. The average Bonchev–Trinajstić information content (AvgIpc) is 3.53. The molecule has 14 nitrogen and oxygen atoms in total. The van der Waals surface area contributed by atoms with Gasteiger partial charge in [-0.2, -0.15) is 5.11 Å². The van der Waals surface area contributed by atoms with Gasteiger partial charge in [0.05, 0.1) is 36.7 Å². The summed E-state index contributed by atoms with van der Waals surface area (Å²) in [6, 6.07) is 12.3. The molecule has 0 aromatic heterocycles. The monoisotopic (exact) mass is 521 g/mol. The van der Waals surface area contributed by atoms with Gasteiger partial charge in [0.1, 0.15) is 5.70 Å². The first-order valence-corrected chi connectivity index (χ1v) is 10.9. The number of hydrazine groups is 1. The number of benzene rings is 2. The molecule has 0 spiro atoms. The van der Waals surface area contributed by atoms with E-state index in [2.05, 4.69) is 30.6 Å². The molecule has 0 unspecified atom stereocenters. The molecule has 194 valence electrons. The van der Waals surface area contributed by atoms with Gasteiger partial charge in [0.25, 0.3) is 0 Å². The molecule has 2 aromatic rings. The molecule has 2 aliphatic heterocycles. The maximum absolute atomic E-state index is 12.4. The van der Waals surface area contributed by atoms with E-state index in [0.29, 0.717) is 22.5 Å². The van der Waals surface area contributed by atoms with Gasteiger partial charge in [0, 0.05) is 12.1 Å². The molecule has 1 fully saturated rings. The Kier molecular flexibility index (Phi) is 7.34. The highest BCUT2D eigenvalue weighted by Gasteiger charge is 2.39. The van der Waals surface area contributed by atoms with Crippen LogP contribution in [0, 0.1) is 0 Å². The minimum atomic E-state index is -0.766. The fourth-order valence-electron chi connectivity index (χ4n) is 3.46. The second-order valence-corrected chi connectivity index (χ2v) is 7.73. The van der Waals surface area contributed by atoms with Gasteiger partial charge >= 0.3 is 29.6 Å². The van der Waals surface area contributed by atoms with Crippen molar-refractivity contribution in [3.63, 3.8) is 0 Å². The van der Waals surface area contributed by atoms with Crippen molar-refractivity contribution in [1.82, 2.24) is 5.59 Å². The van der Waals surface area contributed by atoms with Crippen molar-refractivity contribution in [3.8, 4) is 0 Å². The number of methoxy groups -OCH3 is 2. The number of carbonyl (C=O) groups is 4. The molecular formula is C24H21N6O8+. The van der Waals surface area contributed by atoms with Crippen LogP contribution in [0.15, 0.2) is 86.8 Å². The first-order valence-electron chi connectivity index (χ1n) is 10.9. The number of nitrogens with one attached hydrogen (secondary N) is 1. The summed E-state index contributed by atoms with van der Waals surface area (Å²) >= 11 is 0. The van der Waals surface area contributed by atoms with Crippen LogP contribution >= 0.6 is 0 Å². The molecule has 2 heterocycles. The van der Waals surface area contributed by atoms with E-state index in [-0.39, 0.29) is 22.8 Å². The molecule has 38 heavy (non-hydrogen) atoms. The molecule has 0 amide bonds. The number of esters is 2. The van der Waals surface area contributed by atoms with E-state index in [1.165, 1.54) is 62.0 Å². The Balaban J connectivity index is 1.61. The zero-order chi connectivity index (χ0) is 27.4. The SMILES string of the molecule is COC(=O)c1ccc(N2NOC(=O)/C2=C(C)/N=N/C(C)=C2\C(=O)ON=[N+]2c2ccc(C(=O)OC)cc2)cc1. The van der Waals surface area contributed by atoms with Gasteiger partial charge in [0.15, 0.2) is 5.70 Å². The number of carbonyl (C=O) groups excluding carboxylic acids is 4. The van der Waals surface area contributed by atoms with Crippen LogP contribution in [-0.2, 0) is 28.7 Å². The van der Waals surface area contributed by atoms with Crippen molar-refractivity contribution >= 4 is 35.3 Å². The first-order chi connectivity index (χ1) is 18.2. The predicted octanol–water partition coefficient (Wildman–Crippen LogP) is 3.23. The zero-order valence-electron chi connectivity index (χ0n) is 20.6. The molecule has 2 aliphatic rings. The van der Waals surface area contributed by atoms with E-state index in [4.69, 9.17) is 9.68 Å². The standard InChI is InChI=1S/C24H21N6O8/c1-13(19-23(33)37-27-29(19)17-9-5-15(6-10-17)21(31)35-3)25-26-14(2)20-24(34)38-28-30(20)18-11-7-16(8-12-18)22(32)36-4/h5-12,27H,1-4H3/q+1/b19-13-,20-14+,26-25+. The zero-order valence-corrected chi connectivity index (χ0v) is 20.6. The van der Waals surface area contributed by atoms with Crippen LogP contribution in [-0.4, -0.2) is 42.8 Å². The number of nitrogens with zero attached hydrogens (tertiary/aromatic N) is 5. The lowest BCUT2D eigenvalue weighted by Crippen LogP contribution is -2.29. The second-order valence-electron chi connectivity index (χ2n) is 7.73. The van der Waals surface area contributed by atoms with Crippen LogP contribution < -0.4 is 10.6 Å². The average molecular weight is 521 g/mol. The summed E-state index contributed by atoms with van der Waals surface area (Å²) in [4.78, 5) is 57.9. The van der Waals surface area contributed by atoms with Crippen molar-refractivity contribution < 1.29 is 43.0 Å². The molecule has 0 saturated carbocycles. The highest BCUT2D eigenvalue weighted by atomic mass is 16.7. The molecule has 0 bridgehead atoms. The van der Waals surface area contributed by atoms with Gasteiger partial charge in [-0.15, -0.1) is 5.11 Å². The largest absolute Gasteiger partial charge is 0.465 e. The smallest absolute Gasteiger partial charge is 0.439 e. The summed E-state index contributed by atoms with van der Waals surface area (Å²) in [5, 5.41) is 13.3. The van der Waals surface area contributed by atoms with Crippen LogP contribution in [0.4, 0.5) is 11.4 Å². The van der Waals surface area contributed by atoms with Crippen molar-refractivity contribution in [1.29, 1.82) is 0 Å². The quantitative estimate of drug-likeness (QED) is 0.196. The van der Waals surface area contributed by atoms with Crippen molar-refractivity contribution in [2.24, 2.45) is 15.5 Å². The van der Waals surface area contributed by atoms with Gasteiger partial charge in [-0.3, -0.25) is 4.84 Å². The van der Waals surface area contributed by atoms with Crippen molar-refractivity contribution in [3.05, 3.63) is 82.4 Å².